The quantitative estimate of drug-likeness (QED) is 0.837. The van der Waals surface area contributed by atoms with Crippen molar-refractivity contribution in [2.24, 2.45) is 0 Å². The molecule has 4 nitrogen and oxygen atoms in total. The van der Waals surface area contributed by atoms with Crippen LogP contribution in [0.15, 0.2) is 18.9 Å². The molecule has 2 aliphatic rings. The summed E-state index contributed by atoms with van der Waals surface area (Å²) in [6.07, 6.45) is 10.3. The van der Waals surface area contributed by atoms with Gasteiger partial charge in [0.1, 0.15) is 0 Å². The Hall–Kier alpha value is -1.29. The Balaban J connectivity index is 1.80. The summed E-state index contributed by atoms with van der Waals surface area (Å²) in [5.74, 6) is 1.10. The maximum absolute atomic E-state index is 4.81. The fourth-order valence-corrected chi connectivity index (χ4v) is 3.69. The lowest BCUT2D eigenvalue weighted by atomic mass is 9.99. The lowest BCUT2D eigenvalue weighted by Gasteiger charge is -2.36. The SMILES string of the molecule is C=CCn1cc(CC)nc1N(C)C1CC2CCC(C1)N2. The number of hydrogen-bond acceptors (Lipinski definition) is 3. The van der Waals surface area contributed by atoms with Crippen LogP contribution in [0.1, 0.15) is 38.3 Å². The predicted molar refractivity (Wildman–Crippen MR) is 83.2 cm³/mol. The molecule has 2 bridgehead atoms. The Kier molecular flexibility index (Phi) is 3.83. The molecule has 2 unspecified atom stereocenters. The van der Waals surface area contributed by atoms with Crippen molar-refractivity contribution in [2.75, 3.05) is 11.9 Å². The second-order valence-electron chi connectivity index (χ2n) is 6.20. The molecule has 3 rings (SSSR count). The topological polar surface area (TPSA) is 33.1 Å². The summed E-state index contributed by atoms with van der Waals surface area (Å²) in [5, 5.41) is 3.71. The number of imidazole rings is 1. The van der Waals surface area contributed by atoms with E-state index in [1.165, 1.54) is 31.4 Å². The van der Waals surface area contributed by atoms with Crippen LogP contribution < -0.4 is 10.2 Å². The van der Waals surface area contributed by atoms with Gasteiger partial charge in [0.25, 0.3) is 0 Å². The van der Waals surface area contributed by atoms with Gasteiger partial charge in [0.15, 0.2) is 0 Å². The van der Waals surface area contributed by atoms with Crippen LogP contribution in [0.2, 0.25) is 0 Å². The highest BCUT2D eigenvalue weighted by atomic mass is 15.3. The van der Waals surface area contributed by atoms with E-state index < -0.39 is 0 Å². The zero-order valence-corrected chi connectivity index (χ0v) is 12.7. The fourth-order valence-electron chi connectivity index (χ4n) is 3.69. The standard InChI is InChI=1S/C16H26N4/c1-4-8-20-11-12(5-2)18-16(20)19(3)15-9-13-6-7-14(10-15)17-13/h4,11,13-15,17H,1,5-10H2,2-3H3. The lowest BCUT2D eigenvalue weighted by Crippen LogP contribution is -2.47. The Morgan fingerprint density at radius 3 is 2.75 bits per heavy atom. The maximum Gasteiger partial charge on any atom is 0.206 e. The van der Waals surface area contributed by atoms with E-state index in [9.17, 15) is 0 Å². The number of hydrogen-bond donors (Lipinski definition) is 1. The molecule has 4 heteroatoms. The number of anilines is 1. The van der Waals surface area contributed by atoms with E-state index in [2.05, 4.69) is 41.5 Å². The first-order valence-corrected chi connectivity index (χ1v) is 7.87. The molecule has 2 fully saturated rings. The highest BCUT2D eigenvalue weighted by Gasteiger charge is 2.36. The average molecular weight is 274 g/mol. The molecule has 2 atom stereocenters. The molecule has 2 saturated heterocycles. The van der Waals surface area contributed by atoms with Gasteiger partial charge in [0, 0.05) is 37.9 Å². The molecule has 0 aliphatic carbocycles. The monoisotopic (exact) mass is 274 g/mol. The van der Waals surface area contributed by atoms with Crippen LogP contribution in [0.4, 0.5) is 5.95 Å². The highest BCUT2D eigenvalue weighted by molar-refractivity contribution is 5.35. The van der Waals surface area contributed by atoms with Crippen molar-refractivity contribution in [1.29, 1.82) is 0 Å². The molecule has 3 heterocycles. The first-order valence-electron chi connectivity index (χ1n) is 7.87. The van der Waals surface area contributed by atoms with Gasteiger partial charge in [-0.25, -0.2) is 4.98 Å². The number of nitrogens with zero attached hydrogens (tertiary/aromatic N) is 3. The van der Waals surface area contributed by atoms with Crippen LogP contribution in [-0.4, -0.2) is 34.7 Å². The summed E-state index contributed by atoms with van der Waals surface area (Å²) in [6.45, 7) is 6.86. The molecule has 0 amide bonds. The molecular formula is C16H26N4. The summed E-state index contributed by atoms with van der Waals surface area (Å²) in [7, 11) is 2.21. The number of nitrogens with one attached hydrogen (secondary N) is 1. The van der Waals surface area contributed by atoms with Crippen molar-refractivity contribution in [1.82, 2.24) is 14.9 Å². The van der Waals surface area contributed by atoms with Gasteiger partial charge in [-0.2, -0.15) is 0 Å². The van der Waals surface area contributed by atoms with Crippen LogP contribution in [0.5, 0.6) is 0 Å². The molecule has 0 spiro atoms. The van der Waals surface area contributed by atoms with E-state index in [1.807, 2.05) is 6.08 Å². The summed E-state index contributed by atoms with van der Waals surface area (Å²) < 4.78 is 2.23. The van der Waals surface area contributed by atoms with Gasteiger partial charge in [-0.05, 0) is 32.1 Å². The molecule has 1 aromatic heterocycles. The van der Waals surface area contributed by atoms with E-state index in [0.29, 0.717) is 6.04 Å². The van der Waals surface area contributed by atoms with Gasteiger partial charge in [0.05, 0.1) is 5.69 Å². The Morgan fingerprint density at radius 2 is 2.15 bits per heavy atom. The van der Waals surface area contributed by atoms with Crippen LogP contribution in [-0.2, 0) is 13.0 Å². The molecule has 0 saturated carbocycles. The van der Waals surface area contributed by atoms with Crippen molar-refractivity contribution < 1.29 is 0 Å². The second-order valence-corrected chi connectivity index (χ2v) is 6.20. The number of piperidine rings is 1. The second kappa shape index (κ2) is 5.60. The smallest absolute Gasteiger partial charge is 0.206 e. The van der Waals surface area contributed by atoms with Gasteiger partial charge in [-0.1, -0.05) is 13.0 Å². The number of rotatable bonds is 5. The Morgan fingerprint density at radius 1 is 1.45 bits per heavy atom. The van der Waals surface area contributed by atoms with Crippen LogP contribution >= 0.6 is 0 Å². The molecule has 20 heavy (non-hydrogen) atoms. The van der Waals surface area contributed by atoms with Crippen LogP contribution in [0.3, 0.4) is 0 Å². The molecule has 1 aromatic rings. The zero-order valence-electron chi connectivity index (χ0n) is 12.7. The molecule has 1 N–H and O–H groups in total. The third-order valence-electron chi connectivity index (χ3n) is 4.80. The van der Waals surface area contributed by atoms with Crippen molar-refractivity contribution in [3.05, 3.63) is 24.5 Å². The van der Waals surface area contributed by atoms with Crippen LogP contribution in [0.25, 0.3) is 0 Å². The Labute approximate surface area is 121 Å². The minimum absolute atomic E-state index is 0.615. The van der Waals surface area contributed by atoms with Gasteiger partial charge >= 0.3 is 0 Å². The lowest BCUT2D eigenvalue weighted by molar-refractivity contribution is 0.351. The molecule has 0 aromatic carbocycles. The van der Waals surface area contributed by atoms with E-state index in [0.717, 1.165) is 31.0 Å². The van der Waals surface area contributed by atoms with Gasteiger partial charge in [-0.15, -0.1) is 6.58 Å². The van der Waals surface area contributed by atoms with Crippen molar-refractivity contribution in [3.63, 3.8) is 0 Å². The van der Waals surface area contributed by atoms with E-state index in [1.54, 1.807) is 0 Å². The van der Waals surface area contributed by atoms with E-state index in [4.69, 9.17) is 4.98 Å². The average Bonchev–Trinajstić information content (AvgIpc) is 3.02. The molecule has 2 aliphatic heterocycles. The van der Waals surface area contributed by atoms with E-state index >= 15 is 0 Å². The number of fused-ring (bicyclic) bond motifs is 2. The minimum atomic E-state index is 0.615. The summed E-state index contributed by atoms with van der Waals surface area (Å²) >= 11 is 0. The fraction of sp³-hybridized carbons (Fsp3) is 0.688. The Bertz CT molecular complexity index is 467. The maximum atomic E-state index is 4.81. The van der Waals surface area contributed by atoms with Gasteiger partial charge in [-0.3, -0.25) is 0 Å². The number of aryl methyl sites for hydroxylation is 1. The molecule has 0 radical (unpaired) electrons. The predicted octanol–water partition coefficient (Wildman–Crippen LogP) is 2.35. The first kappa shape index (κ1) is 13.7. The van der Waals surface area contributed by atoms with Crippen molar-refractivity contribution >= 4 is 5.95 Å². The van der Waals surface area contributed by atoms with Crippen molar-refractivity contribution in [2.45, 2.75) is 63.7 Å². The summed E-state index contributed by atoms with van der Waals surface area (Å²) in [6, 6.07) is 2.05. The highest BCUT2D eigenvalue weighted by Crippen LogP contribution is 2.31. The van der Waals surface area contributed by atoms with Gasteiger partial charge in [0.2, 0.25) is 5.95 Å². The van der Waals surface area contributed by atoms with Gasteiger partial charge < -0.3 is 14.8 Å². The molecular weight excluding hydrogens is 248 g/mol. The normalized spacial score (nSPS) is 28.6. The third-order valence-corrected chi connectivity index (χ3v) is 4.80. The number of aromatic nitrogens is 2. The van der Waals surface area contributed by atoms with Crippen molar-refractivity contribution in [3.8, 4) is 0 Å². The van der Waals surface area contributed by atoms with E-state index in [-0.39, 0.29) is 0 Å². The molecule has 110 valence electrons. The summed E-state index contributed by atoms with van der Waals surface area (Å²) in [4.78, 5) is 7.21. The first-order chi connectivity index (χ1) is 9.71. The van der Waals surface area contributed by atoms with Crippen LogP contribution in [0, 0.1) is 0 Å². The zero-order chi connectivity index (χ0) is 14.1. The number of allylic oxidation sites excluding steroid dienone is 1. The third kappa shape index (κ3) is 2.49. The summed E-state index contributed by atoms with van der Waals surface area (Å²) in [5.41, 5.74) is 1.17. The minimum Gasteiger partial charge on any atom is -0.342 e. The largest absolute Gasteiger partial charge is 0.342 e.